The molecule has 0 spiro atoms. The van der Waals surface area contributed by atoms with E-state index in [4.69, 9.17) is 4.74 Å². The van der Waals surface area contributed by atoms with E-state index in [1.54, 1.807) is 7.11 Å². The predicted octanol–water partition coefficient (Wildman–Crippen LogP) is 4.45. The number of nitrogens with one attached hydrogen (secondary N) is 2. The molecule has 2 amide bonds. The van der Waals surface area contributed by atoms with Gasteiger partial charge in [-0.3, -0.25) is 0 Å². The highest BCUT2D eigenvalue weighted by atomic mass is 16.5. The van der Waals surface area contributed by atoms with E-state index in [1.807, 2.05) is 62.4 Å². The summed E-state index contributed by atoms with van der Waals surface area (Å²) in [5.41, 5.74) is 2.41. The molecular formula is C19H24N2O2. The number of carbonyl (C=O) groups is 1. The molecule has 0 aliphatic carbocycles. The summed E-state index contributed by atoms with van der Waals surface area (Å²) in [6.45, 7) is 6.03. The van der Waals surface area contributed by atoms with Crippen molar-refractivity contribution in [1.82, 2.24) is 5.32 Å². The van der Waals surface area contributed by atoms with Gasteiger partial charge in [0, 0.05) is 5.69 Å². The zero-order chi connectivity index (χ0) is 16.9. The highest BCUT2D eigenvalue weighted by molar-refractivity contribution is 5.90. The summed E-state index contributed by atoms with van der Waals surface area (Å²) in [6.07, 6.45) is 0.798. The Morgan fingerprint density at radius 2 is 1.87 bits per heavy atom. The largest absolute Gasteiger partial charge is 0.497 e. The Morgan fingerprint density at radius 3 is 2.43 bits per heavy atom. The van der Waals surface area contributed by atoms with Crippen LogP contribution in [-0.2, 0) is 5.54 Å². The van der Waals surface area contributed by atoms with Crippen molar-refractivity contribution in [3.8, 4) is 5.75 Å². The first-order chi connectivity index (χ1) is 11.0. The second-order valence-electron chi connectivity index (χ2n) is 5.81. The summed E-state index contributed by atoms with van der Waals surface area (Å²) < 4.78 is 5.18. The van der Waals surface area contributed by atoms with Crippen LogP contribution in [0, 0.1) is 6.92 Å². The lowest BCUT2D eigenvalue weighted by Gasteiger charge is -2.30. The number of methoxy groups -OCH3 is 1. The normalized spacial score (nSPS) is 13.0. The van der Waals surface area contributed by atoms with E-state index in [0.29, 0.717) is 0 Å². The second kappa shape index (κ2) is 7.18. The number of rotatable bonds is 5. The molecule has 0 saturated heterocycles. The summed E-state index contributed by atoms with van der Waals surface area (Å²) in [7, 11) is 1.63. The van der Waals surface area contributed by atoms with Crippen LogP contribution in [0.5, 0.6) is 5.75 Å². The van der Waals surface area contributed by atoms with E-state index in [2.05, 4.69) is 17.6 Å². The first-order valence-corrected chi connectivity index (χ1v) is 7.78. The summed E-state index contributed by atoms with van der Waals surface area (Å²) in [6, 6.07) is 15.4. The number of ether oxygens (including phenoxy) is 1. The van der Waals surface area contributed by atoms with Gasteiger partial charge in [0.05, 0.1) is 12.6 Å². The Labute approximate surface area is 137 Å². The van der Waals surface area contributed by atoms with Crippen LogP contribution in [0.3, 0.4) is 0 Å². The molecule has 0 aliphatic rings. The number of aryl methyl sites for hydroxylation is 1. The van der Waals surface area contributed by atoms with Crippen LogP contribution in [0.2, 0.25) is 0 Å². The molecule has 0 aliphatic heterocycles. The minimum absolute atomic E-state index is 0.216. The standard InChI is InChI=1S/C19H24N2O2/c1-5-19(3,15-9-7-6-8-10-15)21-18(22)20-17-12-11-16(23-4)13-14(17)2/h6-13H,5H2,1-4H3,(H2,20,21,22). The van der Waals surface area contributed by atoms with E-state index in [-0.39, 0.29) is 6.03 Å². The molecule has 4 heteroatoms. The van der Waals surface area contributed by atoms with Crippen molar-refractivity contribution in [2.45, 2.75) is 32.7 Å². The van der Waals surface area contributed by atoms with Crippen molar-refractivity contribution >= 4 is 11.7 Å². The molecule has 2 rings (SSSR count). The highest BCUT2D eigenvalue weighted by Crippen LogP contribution is 2.25. The molecule has 1 atom stereocenters. The predicted molar refractivity (Wildman–Crippen MR) is 94.0 cm³/mol. The van der Waals surface area contributed by atoms with E-state index in [1.165, 1.54) is 0 Å². The Kier molecular flexibility index (Phi) is 5.27. The number of carbonyl (C=O) groups excluding carboxylic acids is 1. The van der Waals surface area contributed by atoms with Crippen LogP contribution in [0.4, 0.5) is 10.5 Å². The van der Waals surface area contributed by atoms with E-state index < -0.39 is 5.54 Å². The number of amides is 2. The van der Waals surface area contributed by atoms with Gasteiger partial charge >= 0.3 is 6.03 Å². The molecule has 0 fully saturated rings. The maximum atomic E-state index is 12.4. The number of hydrogen-bond donors (Lipinski definition) is 2. The molecule has 0 aromatic heterocycles. The van der Waals surface area contributed by atoms with Crippen molar-refractivity contribution in [1.29, 1.82) is 0 Å². The van der Waals surface area contributed by atoms with Crippen LogP contribution >= 0.6 is 0 Å². The van der Waals surface area contributed by atoms with Gasteiger partial charge in [0.1, 0.15) is 5.75 Å². The van der Waals surface area contributed by atoms with Gasteiger partial charge in [-0.15, -0.1) is 0 Å². The quantitative estimate of drug-likeness (QED) is 0.857. The van der Waals surface area contributed by atoms with Crippen molar-refractivity contribution in [3.63, 3.8) is 0 Å². The Balaban J connectivity index is 2.12. The molecule has 0 radical (unpaired) electrons. The first-order valence-electron chi connectivity index (χ1n) is 7.78. The molecule has 1 unspecified atom stereocenters. The SMILES string of the molecule is CCC(C)(NC(=O)Nc1ccc(OC)cc1C)c1ccccc1. The highest BCUT2D eigenvalue weighted by Gasteiger charge is 2.26. The van der Waals surface area contributed by atoms with Gasteiger partial charge in [-0.25, -0.2) is 4.79 Å². The van der Waals surface area contributed by atoms with Crippen LogP contribution in [0.25, 0.3) is 0 Å². The van der Waals surface area contributed by atoms with Crippen molar-refractivity contribution in [2.75, 3.05) is 12.4 Å². The third-order valence-electron chi connectivity index (χ3n) is 4.19. The van der Waals surface area contributed by atoms with Crippen LogP contribution < -0.4 is 15.4 Å². The van der Waals surface area contributed by atoms with E-state index in [9.17, 15) is 4.79 Å². The molecule has 23 heavy (non-hydrogen) atoms. The van der Waals surface area contributed by atoms with Gasteiger partial charge in [-0.2, -0.15) is 0 Å². The lowest BCUT2D eigenvalue weighted by Crippen LogP contribution is -2.45. The van der Waals surface area contributed by atoms with Crippen LogP contribution in [0.1, 0.15) is 31.4 Å². The molecule has 0 bridgehead atoms. The fourth-order valence-corrected chi connectivity index (χ4v) is 2.48. The maximum Gasteiger partial charge on any atom is 0.319 e. The fraction of sp³-hybridized carbons (Fsp3) is 0.316. The second-order valence-corrected chi connectivity index (χ2v) is 5.81. The van der Waals surface area contributed by atoms with Crippen molar-refractivity contribution < 1.29 is 9.53 Å². The van der Waals surface area contributed by atoms with Gasteiger partial charge in [0.2, 0.25) is 0 Å². The lowest BCUT2D eigenvalue weighted by molar-refractivity contribution is 0.238. The van der Waals surface area contributed by atoms with Crippen LogP contribution in [-0.4, -0.2) is 13.1 Å². The van der Waals surface area contributed by atoms with Gasteiger partial charge in [0.25, 0.3) is 0 Å². The fourth-order valence-electron chi connectivity index (χ4n) is 2.48. The summed E-state index contributed by atoms with van der Waals surface area (Å²) in [5.74, 6) is 0.774. The number of benzene rings is 2. The average molecular weight is 312 g/mol. The Bertz CT molecular complexity index is 670. The smallest absolute Gasteiger partial charge is 0.319 e. The number of urea groups is 1. The van der Waals surface area contributed by atoms with Gasteiger partial charge < -0.3 is 15.4 Å². The van der Waals surface area contributed by atoms with Crippen molar-refractivity contribution in [3.05, 3.63) is 59.7 Å². The minimum Gasteiger partial charge on any atom is -0.497 e. The summed E-state index contributed by atoms with van der Waals surface area (Å²) >= 11 is 0. The average Bonchev–Trinajstić information content (AvgIpc) is 2.57. The molecule has 122 valence electrons. The zero-order valence-electron chi connectivity index (χ0n) is 14.1. The lowest BCUT2D eigenvalue weighted by atomic mass is 9.89. The third kappa shape index (κ3) is 4.03. The molecule has 2 aromatic rings. The third-order valence-corrected chi connectivity index (χ3v) is 4.19. The van der Waals surface area contributed by atoms with Gasteiger partial charge in [-0.1, -0.05) is 37.3 Å². The molecule has 0 heterocycles. The summed E-state index contributed by atoms with van der Waals surface area (Å²) in [5, 5.41) is 6.00. The van der Waals surface area contributed by atoms with Crippen LogP contribution in [0.15, 0.2) is 48.5 Å². The summed E-state index contributed by atoms with van der Waals surface area (Å²) in [4.78, 5) is 12.4. The Morgan fingerprint density at radius 1 is 1.17 bits per heavy atom. The van der Waals surface area contributed by atoms with Crippen molar-refractivity contribution in [2.24, 2.45) is 0 Å². The van der Waals surface area contributed by atoms with E-state index in [0.717, 1.165) is 29.0 Å². The monoisotopic (exact) mass is 312 g/mol. The number of hydrogen-bond acceptors (Lipinski definition) is 2. The van der Waals surface area contributed by atoms with Gasteiger partial charge in [-0.05, 0) is 49.6 Å². The van der Waals surface area contributed by atoms with Gasteiger partial charge in [0.15, 0.2) is 0 Å². The Hall–Kier alpha value is -2.49. The van der Waals surface area contributed by atoms with E-state index >= 15 is 0 Å². The maximum absolute atomic E-state index is 12.4. The number of anilines is 1. The molecular weight excluding hydrogens is 288 g/mol. The molecule has 2 aromatic carbocycles. The topological polar surface area (TPSA) is 50.4 Å². The molecule has 0 saturated carbocycles. The first kappa shape index (κ1) is 16.9. The zero-order valence-corrected chi connectivity index (χ0v) is 14.1. The molecule has 4 nitrogen and oxygen atoms in total. The molecule has 2 N–H and O–H groups in total. The minimum atomic E-state index is -0.411.